The number of nitrogens with two attached hydrogens (primary N) is 1. The molecule has 2 aromatic rings. The first-order valence-corrected chi connectivity index (χ1v) is 8.24. The van der Waals surface area contributed by atoms with Crippen molar-refractivity contribution in [1.29, 1.82) is 0 Å². The Morgan fingerprint density at radius 2 is 2.00 bits per heavy atom. The molecule has 0 radical (unpaired) electrons. The second-order valence-electron chi connectivity index (χ2n) is 4.34. The van der Waals surface area contributed by atoms with E-state index in [1.54, 1.807) is 29.5 Å². The largest absolute Gasteiger partial charge is 0.398 e. The fourth-order valence-electron chi connectivity index (χ4n) is 1.83. The molecule has 3 N–H and O–H groups in total. The van der Waals surface area contributed by atoms with Gasteiger partial charge in [0.1, 0.15) is 4.90 Å². The third-order valence-corrected chi connectivity index (χ3v) is 5.21. The van der Waals surface area contributed by atoms with Crippen molar-refractivity contribution in [3.05, 3.63) is 46.7 Å². The number of hydrogen-bond donors (Lipinski definition) is 2. The van der Waals surface area contributed by atoms with Crippen LogP contribution >= 0.6 is 11.3 Å². The van der Waals surface area contributed by atoms with E-state index < -0.39 is 10.0 Å². The van der Waals surface area contributed by atoms with Crippen LogP contribution in [0.25, 0.3) is 0 Å². The number of thiophene rings is 1. The molecule has 0 saturated carbocycles. The van der Waals surface area contributed by atoms with Crippen molar-refractivity contribution in [3.63, 3.8) is 0 Å². The molecule has 0 aliphatic carbocycles. The summed E-state index contributed by atoms with van der Waals surface area (Å²) in [6.07, 6.45) is 0.670. The molecule has 2 rings (SSSR count). The number of rotatable bonds is 5. The average molecular weight is 296 g/mol. The van der Waals surface area contributed by atoms with Gasteiger partial charge in [0.05, 0.1) is 5.69 Å². The Labute approximate surface area is 117 Å². The molecule has 0 spiro atoms. The maximum atomic E-state index is 12.2. The van der Waals surface area contributed by atoms with Gasteiger partial charge in [0.15, 0.2) is 0 Å². The van der Waals surface area contributed by atoms with Gasteiger partial charge in [0.25, 0.3) is 0 Å². The normalized spacial score (nSPS) is 13.3. The van der Waals surface area contributed by atoms with Crippen LogP contribution in [0.15, 0.2) is 46.7 Å². The van der Waals surface area contributed by atoms with Gasteiger partial charge in [0.2, 0.25) is 10.0 Å². The highest BCUT2D eigenvalue weighted by Crippen LogP contribution is 2.18. The first-order valence-electron chi connectivity index (χ1n) is 5.88. The summed E-state index contributed by atoms with van der Waals surface area (Å²) in [6, 6.07) is 10.2. The molecule has 0 bridgehead atoms. The van der Waals surface area contributed by atoms with Gasteiger partial charge in [-0.1, -0.05) is 18.2 Å². The SMILES string of the molecule is CC(Cc1cccs1)NS(=O)(=O)c1ccccc1N. The topological polar surface area (TPSA) is 72.2 Å². The van der Waals surface area contributed by atoms with E-state index in [0.717, 1.165) is 4.88 Å². The standard InChI is InChI=1S/C13H16N2O2S2/c1-10(9-11-5-4-8-18-11)15-19(16,17)13-7-3-2-6-12(13)14/h2-8,10,15H,9,14H2,1H3. The first kappa shape index (κ1) is 14.0. The molecular formula is C13H16N2O2S2. The predicted molar refractivity (Wildman–Crippen MR) is 78.7 cm³/mol. The second-order valence-corrected chi connectivity index (χ2v) is 7.06. The molecule has 1 aromatic carbocycles. The quantitative estimate of drug-likeness (QED) is 0.831. The van der Waals surface area contributed by atoms with Crippen LogP contribution < -0.4 is 10.5 Å². The van der Waals surface area contributed by atoms with Crippen LogP contribution in [-0.2, 0) is 16.4 Å². The lowest BCUT2D eigenvalue weighted by atomic mass is 10.2. The van der Waals surface area contributed by atoms with Gasteiger partial charge in [-0.15, -0.1) is 11.3 Å². The van der Waals surface area contributed by atoms with Crippen LogP contribution in [0.4, 0.5) is 5.69 Å². The summed E-state index contributed by atoms with van der Waals surface area (Å²) in [5, 5.41) is 1.98. The minimum Gasteiger partial charge on any atom is -0.398 e. The molecule has 0 amide bonds. The smallest absolute Gasteiger partial charge is 0.242 e. The maximum Gasteiger partial charge on any atom is 0.242 e. The third-order valence-electron chi connectivity index (χ3n) is 2.65. The lowest BCUT2D eigenvalue weighted by Gasteiger charge is -2.14. The number of hydrogen-bond acceptors (Lipinski definition) is 4. The van der Waals surface area contributed by atoms with E-state index in [0.29, 0.717) is 6.42 Å². The number of anilines is 1. The van der Waals surface area contributed by atoms with Crippen molar-refractivity contribution in [2.24, 2.45) is 0 Å². The zero-order valence-electron chi connectivity index (χ0n) is 10.5. The van der Waals surface area contributed by atoms with Gasteiger partial charge in [-0.05, 0) is 36.9 Å². The molecule has 0 fully saturated rings. The molecule has 0 aliphatic heterocycles. The summed E-state index contributed by atoms with van der Waals surface area (Å²) in [7, 11) is -3.56. The van der Waals surface area contributed by atoms with Crippen molar-refractivity contribution < 1.29 is 8.42 Å². The Hall–Kier alpha value is -1.37. The minimum atomic E-state index is -3.56. The minimum absolute atomic E-state index is 0.132. The highest BCUT2D eigenvalue weighted by molar-refractivity contribution is 7.89. The molecule has 1 heterocycles. The highest BCUT2D eigenvalue weighted by atomic mass is 32.2. The Morgan fingerprint density at radius 1 is 1.26 bits per heavy atom. The van der Waals surface area contributed by atoms with Crippen molar-refractivity contribution in [2.45, 2.75) is 24.3 Å². The van der Waals surface area contributed by atoms with Crippen molar-refractivity contribution in [2.75, 3.05) is 5.73 Å². The predicted octanol–water partition coefficient (Wildman–Crippen LogP) is 2.24. The second kappa shape index (κ2) is 5.73. The summed E-state index contributed by atoms with van der Waals surface area (Å²) in [6.45, 7) is 1.84. The number of nitrogens with one attached hydrogen (secondary N) is 1. The van der Waals surface area contributed by atoms with Crippen LogP contribution in [0.2, 0.25) is 0 Å². The van der Waals surface area contributed by atoms with Gasteiger partial charge in [0, 0.05) is 10.9 Å². The van der Waals surface area contributed by atoms with Crippen LogP contribution in [0.1, 0.15) is 11.8 Å². The number of sulfonamides is 1. The first-order chi connectivity index (χ1) is 8.99. The maximum absolute atomic E-state index is 12.2. The van der Waals surface area contributed by atoms with E-state index >= 15 is 0 Å². The molecule has 0 saturated heterocycles. The Bertz CT molecular complexity index is 636. The molecule has 19 heavy (non-hydrogen) atoms. The highest BCUT2D eigenvalue weighted by Gasteiger charge is 2.19. The van der Waals surface area contributed by atoms with Crippen LogP contribution in [0.5, 0.6) is 0 Å². The van der Waals surface area contributed by atoms with E-state index in [9.17, 15) is 8.42 Å². The zero-order valence-corrected chi connectivity index (χ0v) is 12.2. The lowest BCUT2D eigenvalue weighted by Crippen LogP contribution is -2.34. The van der Waals surface area contributed by atoms with E-state index in [1.165, 1.54) is 6.07 Å². The van der Waals surface area contributed by atoms with Gasteiger partial charge >= 0.3 is 0 Å². The average Bonchev–Trinajstić information content (AvgIpc) is 2.81. The third kappa shape index (κ3) is 3.56. The van der Waals surface area contributed by atoms with E-state index in [-0.39, 0.29) is 16.6 Å². The van der Waals surface area contributed by atoms with Gasteiger partial charge < -0.3 is 5.73 Å². The van der Waals surface area contributed by atoms with Crippen LogP contribution in [0, 0.1) is 0 Å². The number of nitrogen functional groups attached to an aromatic ring is 1. The van der Waals surface area contributed by atoms with E-state index in [4.69, 9.17) is 5.73 Å². The van der Waals surface area contributed by atoms with Crippen molar-refractivity contribution in [1.82, 2.24) is 4.72 Å². The summed E-state index contributed by atoms with van der Waals surface area (Å²) in [5.41, 5.74) is 5.96. The van der Waals surface area contributed by atoms with E-state index in [1.807, 2.05) is 24.4 Å². The molecule has 1 aromatic heterocycles. The Balaban J connectivity index is 2.11. The number of benzene rings is 1. The fraction of sp³-hybridized carbons (Fsp3) is 0.231. The zero-order chi connectivity index (χ0) is 13.9. The molecule has 6 heteroatoms. The molecule has 1 atom stereocenters. The molecule has 4 nitrogen and oxygen atoms in total. The summed E-state index contributed by atoms with van der Waals surface area (Å²) in [5.74, 6) is 0. The molecule has 0 aliphatic rings. The Kier molecular flexibility index (Phi) is 4.24. The van der Waals surface area contributed by atoms with Crippen molar-refractivity contribution in [3.8, 4) is 0 Å². The Morgan fingerprint density at radius 3 is 2.63 bits per heavy atom. The van der Waals surface area contributed by atoms with Crippen LogP contribution in [-0.4, -0.2) is 14.5 Å². The van der Waals surface area contributed by atoms with Gasteiger partial charge in [-0.3, -0.25) is 0 Å². The fourth-order valence-corrected chi connectivity index (χ4v) is 4.04. The van der Waals surface area contributed by atoms with Gasteiger partial charge in [-0.25, -0.2) is 13.1 Å². The lowest BCUT2D eigenvalue weighted by molar-refractivity contribution is 0.561. The number of para-hydroxylation sites is 1. The van der Waals surface area contributed by atoms with Crippen molar-refractivity contribution >= 4 is 27.0 Å². The van der Waals surface area contributed by atoms with Gasteiger partial charge in [-0.2, -0.15) is 0 Å². The molecule has 1 unspecified atom stereocenters. The molecule has 102 valence electrons. The monoisotopic (exact) mass is 296 g/mol. The van der Waals surface area contributed by atoms with Crippen LogP contribution in [0.3, 0.4) is 0 Å². The summed E-state index contributed by atoms with van der Waals surface area (Å²) in [4.78, 5) is 1.28. The van der Waals surface area contributed by atoms with E-state index in [2.05, 4.69) is 4.72 Å². The summed E-state index contributed by atoms with van der Waals surface area (Å²) < 4.78 is 27.1. The summed E-state index contributed by atoms with van der Waals surface area (Å²) >= 11 is 1.62. The molecular weight excluding hydrogens is 280 g/mol.